The lowest BCUT2D eigenvalue weighted by Crippen LogP contribution is -2.34. The van der Waals surface area contributed by atoms with E-state index < -0.39 is 0 Å². The molecule has 1 unspecified atom stereocenters. The molecule has 2 N–H and O–H groups in total. The SMILES string of the molecule is Cc1[nH]nc(C(=O)NC(C)Cc2ccsc2)c1Cl. The molecule has 0 aromatic carbocycles. The smallest absolute Gasteiger partial charge is 0.273 e. The molecular formula is C12H14ClN3OS. The summed E-state index contributed by atoms with van der Waals surface area (Å²) in [6.45, 7) is 3.74. The van der Waals surface area contributed by atoms with E-state index in [-0.39, 0.29) is 17.6 Å². The molecule has 1 atom stereocenters. The van der Waals surface area contributed by atoms with Gasteiger partial charge in [0.1, 0.15) is 0 Å². The van der Waals surface area contributed by atoms with Crippen molar-refractivity contribution in [3.8, 4) is 0 Å². The van der Waals surface area contributed by atoms with E-state index in [1.807, 2.05) is 12.3 Å². The molecule has 0 aliphatic rings. The number of carbonyl (C=O) groups excluding carboxylic acids is 1. The maximum atomic E-state index is 11.9. The van der Waals surface area contributed by atoms with Gasteiger partial charge in [0.05, 0.1) is 10.7 Å². The Morgan fingerprint density at radius 1 is 1.67 bits per heavy atom. The second kappa shape index (κ2) is 5.54. The number of halogens is 1. The van der Waals surface area contributed by atoms with Crippen LogP contribution in [-0.2, 0) is 6.42 Å². The number of aryl methyl sites for hydroxylation is 1. The van der Waals surface area contributed by atoms with Gasteiger partial charge in [-0.05, 0) is 42.7 Å². The van der Waals surface area contributed by atoms with Gasteiger partial charge in [-0.1, -0.05) is 11.6 Å². The molecule has 0 saturated carbocycles. The van der Waals surface area contributed by atoms with Crippen LogP contribution >= 0.6 is 22.9 Å². The van der Waals surface area contributed by atoms with Crippen LogP contribution < -0.4 is 5.32 Å². The standard InChI is InChI=1S/C12H14ClN3OS/c1-7(5-9-3-4-18-6-9)14-12(17)11-10(13)8(2)15-16-11/h3-4,6-7H,5H2,1-2H3,(H,14,17)(H,15,16). The molecule has 6 heteroatoms. The topological polar surface area (TPSA) is 57.8 Å². The first-order valence-corrected chi connectivity index (χ1v) is 6.92. The van der Waals surface area contributed by atoms with E-state index in [9.17, 15) is 4.79 Å². The van der Waals surface area contributed by atoms with Crippen LogP contribution in [0.4, 0.5) is 0 Å². The van der Waals surface area contributed by atoms with Crippen molar-refractivity contribution in [2.75, 3.05) is 0 Å². The molecule has 0 spiro atoms. The van der Waals surface area contributed by atoms with E-state index in [2.05, 4.69) is 27.0 Å². The van der Waals surface area contributed by atoms with Crippen molar-refractivity contribution in [2.45, 2.75) is 26.3 Å². The summed E-state index contributed by atoms with van der Waals surface area (Å²) < 4.78 is 0. The maximum absolute atomic E-state index is 11.9. The zero-order valence-corrected chi connectivity index (χ0v) is 11.7. The number of nitrogens with zero attached hydrogens (tertiary/aromatic N) is 1. The third kappa shape index (κ3) is 2.91. The van der Waals surface area contributed by atoms with Crippen LogP contribution in [0.15, 0.2) is 16.8 Å². The normalized spacial score (nSPS) is 12.4. The monoisotopic (exact) mass is 283 g/mol. The Bertz CT molecular complexity index is 536. The number of amides is 1. The first-order valence-electron chi connectivity index (χ1n) is 5.60. The molecule has 2 heterocycles. The fourth-order valence-electron chi connectivity index (χ4n) is 1.67. The minimum Gasteiger partial charge on any atom is -0.348 e. The summed E-state index contributed by atoms with van der Waals surface area (Å²) in [6, 6.07) is 2.10. The zero-order chi connectivity index (χ0) is 13.1. The predicted octanol–water partition coefficient (Wildman–Crippen LogP) is 2.79. The van der Waals surface area contributed by atoms with E-state index in [4.69, 9.17) is 11.6 Å². The number of aromatic nitrogens is 2. The van der Waals surface area contributed by atoms with E-state index in [0.717, 1.165) is 6.42 Å². The summed E-state index contributed by atoms with van der Waals surface area (Å²) >= 11 is 7.63. The van der Waals surface area contributed by atoms with Crippen molar-refractivity contribution in [3.63, 3.8) is 0 Å². The molecule has 2 aromatic rings. The van der Waals surface area contributed by atoms with Gasteiger partial charge in [-0.2, -0.15) is 16.4 Å². The van der Waals surface area contributed by atoms with Crippen molar-refractivity contribution in [1.82, 2.24) is 15.5 Å². The van der Waals surface area contributed by atoms with E-state index in [1.165, 1.54) is 5.56 Å². The van der Waals surface area contributed by atoms with Crippen LogP contribution in [0.5, 0.6) is 0 Å². The zero-order valence-electron chi connectivity index (χ0n) is 10.2. The Hall–Kier alpha value is -1.33. The summed E-state index contributed by atoms with van der Waals surface area (Å²) in [6.07, 6.45) is 0.802. The highest BCUT2D eigenvalue weighted by Gasteiger charge is 2.17. The van der Waals surface area contributed by atoms with Crippen LogP contribution in [0, 0.1) is 6.92 Å². The summed E-state index contributed by atoms with van der Waals surface area (Å²) in [5.41, 5.74) is 2.18. The van der Waals surface area contributed by atoms with Gasteiger partial charge in [-0.25, -0.2) is 0 Å². The molecule has 0 aliphatic heterocycles. The van der Waals surface area contributed by atoms with Gasteiger partial charge in [-0.3, -0.25) is 9.89 Å². The molecule has 4 nitrogen and oxygen atoms in total. The van der Waals surface area contributed by atoms with Crippen molar-refractivity contribution in [3.05, 3.63) is 38.8 Å². The Kier molecular flexibility index (Phi) is 4.04. The van der Waals surface area contributed by atoms with E-state index in [1.54, 1.807) is 18.3 Å². The summed E-state index contributed by atoms with van der Waals surface area (Å²) in [5.74, 6) is -0.243. The molecule has 2 aromatic heterocycles. The second-order valence-electron chi connectivity index (χ2n) is 4.22. The number of hydrogen-bond acceptors (Lipinski definition) is 3. The van der Waals surface area contributed by atoms with Crippen LogP contribution in [0.1, 0.15) is 28.7 Å². The Morgan fingerprint density at radius 2 is 2.44 bits per heavy atom. The van der Waals surface area contributed by atoms with Gasteiger partial charge in [-0.15, -0.1) is 0 Å². The van der Waals surface area contributed by atoms with Gasteiger partial charge >= 0.3 is 0 Å². The van der Waals surface area contributed by atoms with E-state index in [0.29, 0.717) is 10.7 Å². The maximum Gasteiger partial charge on any atom is 0.273 e. The highest BCUT2D eigenvalue weighted by atomic mass is 35.5. The first kappa shape index (κ1) is 13.1. The predicted molar refractivity (Wildman–Crippen MR) is 73.3 cm³/mol. The Balaban J connectivity index is 1.97. The average molecular weight is 284 g/mol. The Labute approximate surface area is 114 Å². The van der Waals surface area contributed by atoms with E-state index >= 15 is 0 Å². The average Bonchev–Trinajstić information content (AvgIpc) is 2.91. The molecule has 2 rings (SSSR count). The minimum atomic E-state index is -0.243. The number of hydrogen-bond donors (Lipinski definition) is 2. The molecule has 0 saturated heterocycles. The molecule has 0 aliphatic carbocycles. The lowest BCUT2D eigenvalue weighted by Gasteiger charge is -2.12. The first-order chi connectivity index (χ1) is 8.58. The van der Waals surface area contributed by atoms with Gasteiger partial charge in [0.15, 0.2) is 5.69 Å². The fraction of sp³-hybridized carbons (Fsp3) is 0.333. The van der Waals surface area contributed by atoms with Gasteiger partial charge in [0, 0.05) is 6.04 Å². The quantitative estimate of drug-likeness (QED) is 0.906. The van der Waals surface area contributed by atoms with Crippen LogP contribution in [0.3, 0.4) is 0 Å². The number of rotatable bonds is 4. The van der Waals surface area contributed by atoms with Crippen LogP contribution in [0.2, 0.25) is 5.02 Å². The minimum absolute atomic E-state index is 0.0418. The molecule has 0 radical (unpaired) electrons. The molecule has 0 bridgehead atoms. The van der Waals surface area contributed by atoms with Gasteiger partial charge in [0.25, 0.3) is 5.91 Å². The number of H-pyrrole nitrogens is 1. The highest BCUT2D eigenvalue weighted by Crippen LogP contribution is 2.17. The number of aromatic amines is 1. The summed E-state index contributed by atoms with van der Waals surface area (Å²) in [7, 11) is 0. The third-order valence-corrected chi connectivity index (χ3v) is 3.78. The van der Waals surface area contributed by atoms with Crippen molar-refractivity contribution >= 4 is 28.8 Å². The molecule has 96 valence electrons. The third-order valence-electron chi connectivity index (χ3n) is 2.59. The number of carbonyl (C=O) groups is 1. The van der Waals surface area contributed by atoms with Gasteiger partial charge < -0.3 is 5.32 Å². The Morgan fingerprint density at radius 3 is 3.00 bits per heavy atom. The fourth-order valence-corrected chi connectivity index (χ4v) is 2.52. The van der Waals surface area contributed by atoms with Crippen molar-refractivity contribution in [1.29, 1.82) is 0 Å². The largest absolute Gasteiger partial charge is 0.348 e. The number of nitrogens with one attached hydrogen (secondary N) is 2. The molecule has 0 fully saturated rings. The molecular weight excluding hydrogens is 270 g/mol. The van der Waals surface area contributed by atoms with Crippen LogP contribution in [0.25, 0.3) is 0 Å². The van der Waals surface area contributed by atoms with Crippen molar-refractivity contribution in [2.24, 2.45) is 0 Å². The van der Waals surface area contributed by atoms with Gasteiger partial charge in [0.2, 0.25) is 0 Å². The second-order valence-corrected chi connectivity index (χ2v) is 5.38. The van der Waals surface area contributed by atoms with Crippen molar-refractivity contribution < 1.29 is 4.79 Å². The highest BCUT2D eigenvalue weighted by molar-refractivity contribution is 7.07. The summed E-state index contributed by atoms with van der Waals surface area (Å²) in [5, 5.41) is 14.0. The molecule has 18 heavy (non-hydrogen) atoms. The molecule has 1 amide bonds. The lowest BCUT2D eigenvalue weighted by molar-refractivity contribution is 0.0935. The number of thiophene rings is 1. The summed E-state index contributed by atoms with van der Waals surface area (Å²) in [4.78, 5) is 11.9. The lowest BCUT2D eigenvalue weighted by atomic mass is 10.1. The van der Waals surface area contributed by atoms with Crippen LogP contribution in [-0.4, -0.2) is 22.1 Å².